The standard InChI is InChI=1S/C14H28O/c1-10(2)12-6-8-13(9-7-12)14(5,15)11(3)4/h10-13,15H,6-9H2,1-5H3. The molecule has 1 N–H and O–H groups in total. The molecule has 1 atom stereocenters. The van der Waals surface area contributed by atoms with E-state index in [0.717, 1.165) is 11.8 Å². The van der Waals surface area contributed by atoms with Crippen LogP contribution in [0.1, 0.15) is 60.3 Å². The minimum atomic E-state index is -0.456. The Morgan fingerprint density at radius 1 is 1.00 bits per heavy atom. The fourth-order valence-electron chi connectivity index (χ4n) is 2.84. The van der Waals surface area contributed by atoms with Crippen molar-refractivity contribution in [1.29, 1.82) is 0 Å². The van der Waals surface area contributed by atoms with Crippen molar-refractivity contribution in [3.8, 4) is 0 Å². The Bertz CT molecular complexity index is 186. The van der Waals surface area contributed by atoms with Crippen LogP contribution in [0.25, 0.3) is 0 Å². The summed E-state index contributed by atoms with van der Waals surface area (Å²) in [4.78, 5) is 0. The molecule has 1 aliphatic rings. The normalized spacial score (nSPS) is 32.0. The quantitative estimate of drug-likeness (QED) is 0.753. The zero-order valence-corrected chi connectivity index (χ0v) is 11.1. The van der Waals surface area contributed by atoms with E-state index in [1.54, 1.807) is 0 Å². The monoisotopic (exact) mass is 212 g/mol. The molecule has 0 saturated heterocycles. The first kappa shape index (κ1) is 13.0. The van der Waals surface area contributed by atoms with E-state index in [1.165, 1.54) is 25.7 Å². The lowest BCUT2D eigenvalue weighted by Gasteiger charge is -2.41. The lowest BCUT2D eigenvalue weighted by Crippen LogP contribution is -2.42. The molecular weight excluding hydrogens is 184 g/mol. The summed E-state index contributed by atoms with van der Waals surface area (Å²) in [5, 5.41) is 10.4. The lowest BCUT2D eigenvalue weighted by atomic mass is 9.68. The van der Waals surface area contributed by atoms with Gasteiger partial charge >= 0.3 is 0 Å². The average Bonchev–Trinajstić information content (AvgIpc) is 2.17. The van der Waals surface area contributed by atoms with Gasteiger partial charge in [0.05, 0.1) is 5.60 Å². The number of rotatable bonds is 3. The summed E-state index contributed by atoms with van der Waals surface area (Å²) in [6, 6.07) is 0. The third-order valence-corrected chi connectivity index (χ3v) is 4.71. The molecule has 1 saturated carbocycles. The average molecular weight is 212 g/mol. The van der Waals surface area contributed by atoms with Crippen LogP contribution >= 0.6 is 0 Å². The first-order chi connectivity index (χ1) is 6.85. The maximum atomic E-state index is 10.4. The summed E-state index contributed by atoms with van der Waals surface area (Å²) in [6.45, 7) is 10.9. The van der Waals surface area contributed by atoms with Crippen LogP contribution in [0.3, 0.4) is 0 Å². The largest absolute Gasteiger partial charge is 0.390 e. The smallest absolute Gasteiger partial charge is 0.0670 e. The van der Waals surface area contributed by atoms with Gasteiger partial charge in [-0.3, -0.25) is 0 Å². The number of hydrogen-bond acceptors (Lipinski definition) is 1. The van der Waals surface area contributed by atoms with E-state index >= 15 is 0 Å². The predicted octanol–water partition coefficient (Wildman–Crippen LogP) is 3.86. The van der Waals surface area contributed by atoms with Gasteiger partial charge in [0.1, 0.15) is 0 Å². The van der Waals surface area contributed by atoms with Crippen LogP contribution in [0.4, 0.5) is 0 Å². The molecule has 0 amide bonds. The van der Waals surface area contributed by atoms with Gasteiger partial charge in [-0.25, -0.2) is 0 Å². The maximum Gasteiger partial charge on any atom is 0.0670 e. The summed E-state index contributed by atoms with van der Waals surface area (Å²) < 4.78 is 0. The van der Waals surface area contributed by atoms with Gasteiger partial charge < -0.3 is 5.11 Å². The Hall–Kier alpha value is -0.0400. The van der Waals surface area contributed by atoms with Gasteiger partial charge in [0, 0.05) is 0 Å². The van der Waals surface area contributed by atoms with E-state index in [2.05, 4.69) is 27.7 Å². The highest BCUT2D eigenvalue weighted by Crippen LogP contribution is 2.40. The minimum absolute atomic E-state index is 0.373. The van der Waals surface area contributed by atoms with Crippen LogP contribution in [0.2, 0.25) is 0 Å². The van der Waals surface area contributed by atoms with E-state index in [9.17, 15) is 5.11 Å². The summed E-state index contributed by atoms with van der Waals surface area (Å²) in [7, 11) is 0. The van der Waals surface area contributed by atoms with Gasteiger partial charge in [0.2, 0.25) is 0 Å². The van der Waals surface area contributed by atoms with E-state index in [4.69, 9.17) is 0 Å². The lowest BCUT2D eigenvalue weighted by molar-refractivity contribution is -0.0608. The molecule has 1 unspecified atom stereocenters. The van der Waals surface area contributed by atoms with E-state index in [-0.39, 0.29) is 0 Å². The van der Waals surface area contributed by atoms with Gasteiger partial charge in [-0.2, -0.15) is 0 Å². The van der Waals surface area contributed by atoms with Crippen molar-refractivity contribution < 1.29 is 5.11 Å². The van der Waals surface area contributed by atoms with Crippen molar-refractivity contribution in [1.82, 2.24) is 0 Å². The molecule has 0 bridgehead atoms. The summed E-state index contributed by atoms with van der Waals surface area (Å²) in [5.74, 6) is 2.60. The van der Waals surface area contributed by atoms with Crippen LogP contribution in [0.15, 0.2) is 0 Å². The summed E-state index contributed by atoms with van der Waals surface area (Å²) in [5.41, 5.74) is -0.456. The van der Waals surface area contributed by atoms with Gasteiger partial charge in [-0.05, 0) is 56.3 Å². The maximum absolute atomic E-state index is 10.4. The number of aliphatic hydroxyl groups is 1. The molecule has 1 rings (SSSR count). The second kappa shape index (κ2) is 4.86. The van der Waals surface area contributed by atoms with Crippen LogP contribution < -0.4 is 0 Å². The third-order valence-electron chi connectivity index (χ3n) is 4.71. The molecule has 0 aliphatic heterocycles. The molecule has 1 heteroatoms. The molecule has 0 spiro atoms. The zero-order valence-electron chi connectivity index (χ0n) is 11.1. The highest BCUT2D eigenvalue weighted by molar-refractivity contribution is 4.88. The van der Waals surface area contributed by atoms with Crippen LogP contribution in [-0.2, 0) is 0 Å². The topological polar surface area (TPSA) is 20.2 Å². The van der Waals surface area contributed by atoms with Crippen molar-refractivity contribution in [3.05, 3.63) is 0 Å². The van der Waals surface area contributed by atoms with Crippen LogP contribution in [0.5, 0.6) is 0 Å². The molecule has 1 fully saturated rings. The first-order valence-electron chi connectivity index (χ1n) is 6.58. The fourth-order valence-corrected chi connectivity index (χ4v) is 2.84. The zero-order chi connectivity index (χ0) is 11.6. The highest BCUT2D eigenvalue weighted by Gasteiger charge is 2.37. The fraction of sp³-hybridized carbons (Fsp3) is 1.00. The van der Waals surface area contributed by atoms with E-state index in [0.29, 0.717) is 11.8 Å². The molecule has 0 radical (unpaired) electrons. The molecule has 0 aromatic heterocycles. The van der Waals surface area contributed by atoms with Gasteiger partial charge in [-0.15, -0.1) is 0 Å². The SMILES string of the molecule is CC(C)C1CCC(C(C)(O)C(C)C)CC1. The Morgan fingerprint density at radius 3 is 1.80 bits per heavy atom. The molecule has 1 nitrogen and oxygen atoms in total. The first-order valence-corrected chi connectivity index (χ1v) is 6.58. The Labute approximate surface area is 95.3 Å². The van der Waals surface area contributed by atoms with Crippen molar-refractivity contribution in [2.24, 2.45) is 23.7 Å². The van der Waals surface area contributed by atoms with Crippen molar-refractivity contribution in [3.63, 3.8) is 0 Å². The summed E-state index contributed by atoms with van der Waals surface area (Å²) in [6.07, 6.45) is 5.05. The molecule has 0 heterocycles. The second-order valence-electron chi connectivity index (χ2n) is 6.24. The number of hydrogen-bond donors (Lipinski definition) is 1. The summed E-state index contributed by atoms with van der Waals surface area (Å²) >= 11 is 0. The van der Waals surface area contributed by atoms with E-state index in [1.807, 2.05) is 6.92 Å². The van der Waals surface area contributed by atoms with Crippen molar-refractivity contribution in [2.75, 3.05) is 0 Å². The van der Waals surface area contributed by atoms with Crippen LogP contribution in [-0.4, -0.2) is 10.7 Å². The molecule has 1 aliphatic carbocycles. The van der Waals surface area contributed by atoms with Gasteiger partial charge in [-0.1, -0.05) is 27.7 Å². The van der Waals surface area contributed by atoms with Gasteiger partial charge in [0.15, 0.2) is 0 Å². The minimum Gasteiger partial charge on any atom is -0.390 e. The second-order valence-corrected chi connectivity index (χ2v) is 6.24. The molecule has 0 aromatic rings. The molecule has 15 heavy (non-hydrogen) atoms. The predicted molar refractivity (Wildman–Crippen MR) is 65.7 cm³/mol. The Balaban J connectivity index is 2.50. The highest BCUT2D eigenvalue weighted by atomic mass is 16.3. The van der Waals surface area contributed by atoms with Crippen molar-refractivity contribution in [2.45, 2.75) is 65.9 Å². The Morgan fingerprint density at radius 2 is 1.47 bits per heavy atom. The molecule has 0 aromatic carbocycles. The Kier molecular flexibility index (Phi) is 4.22. The van der Waals surface area contributed by atoms with E-state index < -0.39 is 5.60 Å². The third kappa shape index (κ3) is 2.96. The van der Waals surface area contributed by atoms with Crippen molar-refractivity contribution >= 4 is 0 Å². The van der Waals surface area contributed by atoms with Crippen LogP contribution in [0, 0.1) is 23.7 Å². The molecule has 90 valence electrons. The van der Waals surface area contributed by atoms with Gasteiger partial charge in [0.25, 0.3) is 0 Å². The molecular formula is C14H28O.